The van der Waals surface area contributed by atoms with E-state index in [2.05, 4.69) is 5.32 Å². The standard InChI is InChI=1S/C15H15NO5S2/c17-13(5-7-22-23-8-6-14(18)19)16-11-2-3-12-10(9-11)1-4-15(20)21-12/h1-4,9H,5-8H2,(H,16,17)(H,18,19). The monoisotopic (exact) mass is 353 g/mol. The number of hydrogen-bond acceptors (Lipinski definition) is 6. The van der Waals surface area contributed by atoms with Crippen LogP contribution >= 0.6 is 21.6 Å². The highest BCUT2D eigenvalue weighted by atomic mass is 33.1. The third kappa shape index (κ3) is 5.99. The van der Waals surface area contributed by atoms with Crippen LogP contribution in [-0.4, -0.2) is 28.5 Å². The fourth-order valence-corrected chi connectivity index (χ4v) is 3.72. The molecule has 0 aliphatic rings. The van der Waals surface area contributed by atoms with E-state index in [-0.39, 0.29) is 12.3 Å². The van der Waals surface area contributed by atoms with E-state index < -0.39 is 11.6 Å². The molecular formula is C15H15NO5S2. The normalized spacial score (nSPS) is 10.6. The second kappa shape index (κ2) is 8.64. The summed E-state index contributed by atoms with van der Waals surface area (Å²) in [5.74, 6) is 0.201. The number of nitrogens with one attached hydrogen (secondary N) is 1. The number of amides is 1. The molecule has 0 saturated carbocycles. The first-order valence-corrected chi connectivity index (χ1v) is 9.33. The Morgan fingerprint density at radius 2 is 1.83 bits per heavy atom. The molecule has 23 heavy (non-hydrogen) atoms. The smallest absolute Gasteiger partial charge is 0.336 e. The number of rotatable bonds is 8. The number of fused-ring (bicyclic) bond motifs is 1. The number of carbonyl (C=O) groups excluding carboxylic acids is 1. The first kappa shape index (κ1) is 17.4. The van der Waals surface area contributed by atoms with E-state index in [0.717, 1.165) is 5.39 Å². The van der Waals surface area contributed by atoms with E-state index >= 15 is 0 Å². The summed E-state index contributed by atoms with van der Waals surface area (Å²) in [4.78, 5) is 33.3. The molecule has 1 aromatic heterocycles. The molecule has 2 rings (SSSR count). The summed E-state index contributed by atoms with van der Waals surface area (Å²) in [7, 11) is 2.93. The third-order valence-electron chi connectivity index (χ3n) is 2.80. The lowest BCUT2D eigenvalue weighted by molar-refractivity contribution is -0.136. The van der Waals surface area contributed by atoms with E-state index in [1.807, 2.05) is 0 Å². The van der Waals surface area contributed by atoms with Gasteiger partial charge in [0, 0.05) is 35.1 Å². The predicted molar refractivity (Wildman–Crippen MR) is 92.9 cm³/mol. The van der Waals surface area contributed by atoms with Crippen molar-refractivity contribution in [3.63, 3.8) is 0 Å². The van der Waals surface area contributed by atoms with Crippen LogP contribution in [0.4, 0.5) is 5.69 Å². The maximum Gasteiger partial charge on any atom is 0.336 e. The van der Waals surface area contributed by atoms with Crippen molar-refractivity contribution < 1.29 is 19.1 Å². The quantitative estimate of drug-likeness (QED) is 0.428. The van der Waals surface area contributed by atoms with Gasteiger partial charge in [-0.3, -0.25) is 9.59 Å². The SMILES string of the molecule is O=C(O)CCSSCCC(=O)Nc1ccc2oc(=O)ccc2c1. The van der Waals surface area contributed by atoms with Gasteiger partial charge in [0.2, 0.25) is 5.91 Å². The Hall–Kier alpha value is -1.93. The Morgan fingerprint density at radius 3 is 2.57 bits per heavy atom. The molecule has 2 aromatic rings. The van der Waals surface area contributed by atoms with Crippen molar-refractivity contribution >= 4 is 50.1 Å². The minimum Gasteiger partial charge on any atom is -0.481 e. The maximum atomic E-state index is 11.8. The average Bonchev–Trinajstić information content (AvgIpc) is 2.50. The Bertz CT molecular complexity index is 759. The van der Waals surface area contributed by atoms with Crippen LogP contribution in [-0.2, 0) is 9.59 Å². The number of anilines is 1. The van der Waals surface area contributed by atoms with Gasteiger partial charge in [-0.25, -0.2) is 4.79 Å². The number of benzene rings is 1. The second-order valence-electron chi connectivity index (χ2n) is 4.59. The summed E-state index contributed by atoms with van der Waals surface area (Å²) >= 11 is 0. The lowest BCUT2D eigenvalue weighted by atomic mass is 10.2. The Labute approximate surface area is 140 Å². The molecule has 0 atom stereocenters. The number of aliphatic carboxylic acids is 1. The minimum atomic E-state index is -0.817. The van der Waals surface area contributed by atoms with E-state index in [4.69, 9.17) is 9.52 Å². The van der Waals surface area contributed by atoms with Crippen LogP contribution in [0.25, 0.3) is 11.0 Å². The summed E-state index contributed by atoms with van der Waals surface area (Å²) in [5, 5.41) is 12.0. The van der Waals surface area contributed by atoms with E-state index in [1.54, 1.807) is 24.3 Å². The Balaban J connectivity index is 1.78. The van der Waals surface area contributed by atoms with Crippen molar-refractivity contribution in [2.24, 2.45) is 0 Å². The van der Waals surface area contributed by atoms with Crippen LogP contribution in [0.2, 0.25) is 0 Å². The van der Waals surface area contributed by atoms with Crippen LogP contribution in [0.1, 0.15) is 12.8 Å². The molecule has 0 fully saturated rings. The second-order valence-corrected chi connectivity index (χ2v) is 7.30. The zero-order chi connectivity index (χ0) is 16.7. The van der Waals surface area contributed by atoms with Gasteiger partial charge in [-0.2, -0.15) is 0 Å². The summed E-state index contributed by atoms with van der Waals surface area (Å²) in [6.07, 6.45) is 0.462. The fraction of sp³-hybridized carbons (Fsp3) is 0.267. The van der Waals surface area contributed by atoms with Crippen molar-refractivity contribution in [2.75, 3.05) is 16.8 Å². The van der Waals surface area contributed by atoms with Crippen LogP contribution in [0.15, 0.2) is 39.5 Å². The van der Waals surface area contributed by atoms with Gasteiger partial charge in [-0.05, 0) is 24.3 Å². The van der Waals surface area contributed by atoms with E-state index in [9.17, 15) is 14.4 Å². The highest BCUT2D eigenvalue weighted by Crippen LogP contribution is 2.23. The molecule has 1 amide bonds. The highest BCUT2D eigenvalue weighted by Gasteiger charge is 2.05. The third-order valence-corrected chi connectivity index (χ3v) is 5.21. The number of hydrogen-bond donors (Lipinski definition) is 2. The maximum absolute atomic E-state index is 11.8. The molecule has 8 heteroatoms. The van der Waals surface area contributed by atoms with Crippen LogP contribution in [0, 0.1) is 0 Å². The molecular weight excluding hydrogens is 338 g/mol. The molecule has 0 bridgehead atoms. The summed E-state index contributed by atoms with van der Waals surface area (Å²) in [6.45, 7) is 0. The van der Waals surface area contributed by atoms with Crippen LogP contribution in [0.5, 0.6) is 0 Å². The number of carbonyl (C=O) groups is 2. The molecule has 1 aromatic carbocycles. The molecule has 2 N–H and O–H groups in total. The highest BCUT2D eigenvalue weighted by molar-refractivity contribution is 8.76. The van der Waals surface area contributed by atoms with Crippen LogP contribution in [0.3, 0.4) is 0 Å². The molecule has 122 valence electrons. The molecule has 0 unspecified atom stereocenters. The molecule has 0 spiro atoms. The molecule has 1 heterocycles. The van der Waals surface area contributed by atoms with Gasteiger partial charge in [0.25, 0.3) is 0 Å². The largest absolute Gasteiger partial charge is 0.481 e. The van der Waals surface area contributed by atoms with Gasteiger partial charge in [0.05, 0.1) is 6.42 Å². The lowest BCUT2D eigenvalue weighted by Crippen LogP contribution is -2.12. The van der Waals surface area contributed by atoms with Gasteiger partial charge >= 0.3 is 11.6 Å². The topological polar surface area (TPSA) is 96.6 Å². The fourth-order valence-electron chi connectivity index (χ4n) is 1.75. The van der Waals surface area contributed by atoms with Crippen LogP contribution < -0.4 is 10.9 Å². The Kier molecular flexibility index (Phi) is 6.54. The lowest BCUT2D eigenvalue weighted by Gasteiger charge is -2.06. The van der Waals surface area contributed by atoms with Gasteiger partial charge < -0.3 is 14.8 Å². The molecule has 0 radical (unpaired) electrons. The summed E-state index contributed by atoms with van der Waals surface area (Å²) in [6, 6.07) is 8.04. The summed E-state index contributed by atoms with van der Waals surface area (Å²) in [5.41, 5.74) is 0.701. The van der Waals surface area contributed by atoms with Gasteiger partial charge in [0.1, 0.15) is 5.58 Å². The summed E-state index contributed by atoms with van der Waals surface area (Å²) < 4.78 is 5.02. The Morgan fingerprint density at radius 1 is 1.09 bits per heavy atom. The van der Waals surface area contributed by atoms with Crippen molar-refractivity contribution in [3.8, 4) is 0 Å². The van der Waals surface area contributed by atoms with Crippen molar-refractivity contribution in [1.29, 1.82) is 0 Å². The molecule has 6 nitrogen and oxygen atoms in total. The molecule has 0 saturated heterocycles. The molecule has 0 aliphatic heterocycles. The zero-order valence-electron chi connectivity index (χ0n) is 12.1. The van der Waals surface area contributed by atoms with Gasteiger partial charge in [-0.15, -0.1) is 0 Å². The van der Waals surface area contributed by atoms with E-state index in [1.165, 1.54) is 27.7 Å². The molecule has 0 aliphatic carbocycles. The van der Waals surface area contributed by atoms with Crippen molar-refractivity contribution in [3.05, 3.63) is 40.8 Å². The van der Waals surface area contributed by atoms with E-state index in [0.29, 0.717) is 29.2 Å². The van der Waals surface area contributed by atoms with Gasteiger partial charge in [-0.1, -0.05) is 21.6 Å². The van der Waals surface area contributed by atoms with Crippen molar-refractivity contribution in [1.82, 2.24) is 0 Å². The predicted octanol–water partition coefficient (Wildman–Crippen LogP) is 2.98. The van der Waals surface area contributed by atoms with Crippen molar-refractivity contribution in [2.45, 2.75) is 12.8 Å². The first-order valence-electron chi connectivity index (χ1n) is 6.84. The van der Waals surface area contributed by atoms with Gasteiger partial charge in [0.15, 0.2) is 0 Å². The number of carboxylic acids is 1. The average molecular weight is 353 g/mol. The first-order chi connectivity index (χ1) is 11.0. The number of carboxylic acid groups (broad SMARTS) is 1. The minimum absolute atomic E-state index is 0.118. The zero-order valence-corrected chi connectivity index (χ0v) is 13.7.